The molecule has 3 heteroatoms. The third-order valence-corrected chi connectivity index (χ3v) is 4.28. The molecular formula is C15H22ClNO. The molecule has 0 atom stereocenters. The Labute approximate surface area is 114 Å². The molecule has 1 aromatic rings. The standard InChI is InChI=1S/C15H22ClNO/c1-12-5-6-13(16)14(9-12)18-11-15(10-17)7-3-2-4-8-15/h5-6,9H,2-4,7-8,10-11,17H2,1H3. The van der Waals surface area contributed by atoms with Gasteiger partial charge in [0, 0.05) is 12.0 Å². The summed E-state index contributed by atoms with van der Waals surface area (Å²) in [6, 6.07) is 5.88. The Bertz CT molecular complexity index is 399. The lowest BCUT2D eigenvalue weighted by Gasteiger charge is -2.35. The second-order valence-electron chi connectivity index (χ2n) is 5.49. The smallest absolute Gasteiger partial charge is 0.138 e. The van der Waals surface area contributed by atoms with E-state index < -0.39 is 0 Å². The van der Waals surface area contributed by atoms with Crippen molar-refractivity contribution in [2.24, 2.45) is 11.1 Å². The van der Waals surface area contributed by atoms with E-state index in [0.717, 1.165) is 5.75 Å². The molecule has 0 aromatic heterocycles. The molecule has 100 valence electrons. The number of benzene rings is 1. The Kier molecular flexibility index (Phi) is 4.52. The third-order valence-electron chi connectivity index (χ3n) is 3.97. The van der Waals surface area contributed by atoms with Crippen molar-refractivity contribution in [3.05, 3.63) is 28.8 Å². The molecule has 1 aliphatic carbocycles. The first kappa shape index (κ1) is 13.7. The van der Waals surface area contributed by atoms with Crippen LogP contribution in [-0.2, 0) is 0 Å². The maximum Gasteiger partial charge on any atom is 0.138 e. The van der Waals surface area contributed by atoms with Gasteiger partial charge in [0.25, 0.3) is 0 Å². The van der Waals surface area contributed by atoms with Crippen molar-refractivity contribution in [2.45, 2.75) is 39.0 Å². The zero-order chi connectivity index (χ0) is 13.0. The van der Waals surface area contributed by atoms with Gasteiger partial charge in [-0.1, -0.05) is 36.9 Å². The summed E-state index contributed by atoms with van der Waals surface area (Å²) in [5, 5.41) is 0.684. The van der Waals surface area contributed by atoms with Gasteiger partial charge in [0.2, 0.25) is 0 Å². The second kappa shape index (κ2) is 5.94. The molecule has 0 amide bonds. The summed E-state index contributed by atoms with van der Waals surface area (Å²) >= 11 is 6.15. The molecule has 0 bridgehead atoms. The number of nitrogens with two attached hydrogens (primary N) is 1. The number of aryl methyl sites for hydroxylation is 1. The minimum absolute atomic E-state index is 0.158. The first-order chi connectivity index (χ1) is 8.65. The number of rotatable bonds is 4. The van der Waals surface area contributed by atoms with Gasteiger partial charge in [-0.2, -0.15) is 0 Å². The highest BCUT2D eigenvalue weighted by Gasteiger charge is 2.31. The summed E-state index contributed by atoms with van der Waals surface area (Å²) < 4.78 is 5.94. The van der Waals surface area contributed by atoms with Crippen LogP contribution in [-0.4, -0.2) is 13.2 Å². The van der Waals surface area contributed by atoms with Crippen molar-refractivity contribution in [3.8, 4) is 5.75 Å². The molecular weight excluding hydrogens is 246 g/mol. The Morgan fingerprint density at radius 2 is 2.00 bits per heavy atom. The molecule has 0 unspecified atom stereocenters. The van der Waals surface area contributed by atoms with E-state index in [1.807, 2.05) is 25.1 Å². The summed E-state index contributed by atoms with van der Waals surface area (Å²) in [4.78, 5) is 0. The molecule has 1 aliphatic rings. The molecule has 1 fully saturated rings. The minimum atomic E-state index is 0.158. The SMILES string of the molecule is Cc1ccc(Cl)c(OCC2(CN)CCCCC2)c1. The van der Waals surface area contributed by atoms with Crippen LogP contribution >= 0.6 is 11.6 Å². The van der Waals surface area contributed by atoms with Crippen LogP contribution in [0.15, 0.2) is 18.2 Å². The van der Waals surface area contributed by atoms with Crippen LogP contribution in [0.2, 0.25) is 5.02 Å². The van der Waals surface area contributed by atoms with E-state index in [9.17, 15) is 0 Å². The highest BCUT2D eigenvalue weighted by atomic mass is 35.5. The van der Waals surface area contributed by atoms with Crippen LogP contribution in [0.5, 0.6) is 5.75 Å². The molecule has 0 spiro atoms. The average Bonchev–Trinajstić information content (AvgIpc) is 2.41. The van der Waals surface area contributed by atoms with E-state index in [1.165, 1.54) is 37.7 Å². The van der Waals surface area contributed by atoms with Gasteiger partial charge in [0.1, 0.15) is 5.75 Å². The van der Waals surface area contributed by atoms with Gasteiger partial charge in [-0.3, -0.25) is 0 Å². The first-order valence-corrected chi connectivity index (χ1v) is 7.12. The van der Waals surface area contributed by atoms with Gasteiger partial charge in [-0.05, 0) is 37.5 Å². The lowest BCUT2D eigenvalue weighted by molar-refractivity contribution is 0.105. The van der Waals surface area contributed by atoms with Crippen LogP contribution in [0.4, 0.5) is 0 Å². The summed E-state index contributed by atoms with van der Waals surface area (Å²) in [5.41, 5.74) is 7.28. The predicted molar refractivity (Wildman–Crippen MR) is 76.3 cm³/mol. The van der Waals surface area contributed by atoms with E-state index >= 15 is 0 Å². The Hall–Kier alpha value is -0.730. The Morgan fingerprint density at radius 1 is 1.28 bits per heavy atom. The molecule has 1 aromatic carbocycles. The highest BCUT2D eigenvalue weighted by Crippen LogP contribution is 2.36. The fourth-order valence-corrected chi connectivity index (χ4v) is 2.83. The predicted octanol–water partition coefficient (Wildman–Crippen LogP) is 3.94. The number of hydrogen-bond acceptors (Lipinski definition) is 2. The Morgan fingerprint density at radius 3 is 2.67 bits per heavy atom. The largest absolute Gasteiger partial charge is 0.491 e. The topological polar surface area (TPSA) is 35.2 Å². The quantitative estimate of drug-likeness (QED) is 0.897. The van der Waals surface area contributed by atoms with Crippen molar-refractivity contribution >= 4 is 11.6 Å². The minimum Gasteiger partial charge on any atom is -0.491 e. The molecule has 2 N–H and O–H groups in total. The van der Waals surface area contributed by atoms with Gasteiger partial charge in [0.05, 0.1) is 11.6 Å². The maximum absolute atomic E-state index is 6.15. The lowest BCUT2D eigenvalue weighted by atomic mass is 9.75. The van der Waals surface area contributed by atoms with E-state index in [-0.39, 0.29) is 5.41 Å². The molecule has 0 aliphatic heterocycles. The molecule has 0 heterocycles. The zero-order valence-electron chi connectivity index (χ0n) is 11.0. The van der Waals surface area contributed by atoms with Crippen LogP contribution in [0.3, 0.4) is 0 Å². The van der Waals surface area contributed by atoms with E-state index in [4.69, 9.17) is 22.1 Å². The van der Waals surface area contributed by atoms with Crippen LogP contribution in [0.25, 0.3) is 0 Å². The fraction of sp³-hybridized carbons (Fsp3) is 0.600. The molecule has 0 saturated heterocycles. The third kappa shape index (κ3) is 3.18. The molecule has 18 heavy (non-hydrogen) atoms. The van der Waals surface area contributed by atoms with Crippen molar-refractivity contribution in [1.29, 1.82) is 0 Å². The van der Waals surface area contributed by atoms with Gasteiger partial charge < -0.3 is 10.5 Å². The fourth-order valence-electron chi connectivity index (χ4n) is 2.66. The summed E-state index contributed by atoms with van der Waals surface area (Å²) in [5.74, 6) is 0.787. The highest BCUT2D eigenvalue weighted by molar-refractivity contribution is 6.32. The maximum atomic E-state index is 6.15. The summed E-state index contributed by atoms with van der Waals surface area (Å²) in [6.07, 6.45) is 6.21. The van der Waals surface area contributed by atoms with E-state index in [2.05, 4.69) is 0 Å². The van der Waals surface area contributed by atoms with E-state index in [1.54, 1.807) is 0 Å². The molecule has 1 saturated carbocycles. The average molecular weight is 268 g/mol. The zero-order valence-corrected chi connectivity index (χ0v) is 11.8. The number of halogens is 1. The number of ether oxygens (including phenoxy) is 1. The molecule has 0 radical (unpaired) electrons. The molecule has 2 rings (SSSR count). The monoisotopic (exact) mass is 267 g/mol. The van der Waals surface area contributed by atoms with Gasteiger partial charge in [-0.15, -0.1) is 0 Å². The lowest BCUT2D eigenvalue weighted by Crippen LogP contribution is -2.38. The van der Waals surface area contributed by atoms with Crippen molar-refractivity contribution in [3.63, 3.8) is 0 Å². The van der Waals surface area contributed by atoms with Crippen molar-refractivity contribution in [1.82, 2.24) is 0 Å². The van der Waals surface area contributed by atoms with Crippen molar-refractivity contribution in [2.75, 3.05) is 13.2 Å². The van der Waals surface area contributed by atoms with Crippen LogP contribution in [0.1, 0.15) is 37.7 Å². The summed E-state index contributed by atoms with van der Waals surface area (Å²) in [7, 11) is 0. The Balaban J connectivity index is 2.03. The van der Waals surface area contributed by atoms with Gasteiger partial charge in [0.15, 0.2) is 0 Å². The van der Waals surface area contributed by atoms with Gasteiger partial charge >= 0.3 is 0 Å². The van der Waals surface area contributed by atoms with Gasteiger partial charge in [-0.25, -0.2) is 0 Å². The van der Waals surface area contributed by atoms with Crippen LogP contribution in [0, 0.1) is 12.3 Å². The summed E-state index contributed by atoms with van der Waals surface area (Å²) in [6.45, 7) is 3.44. The van der Waals surface area contributed by atoms with Crippen molar-refractivity contribution < 1.29 is 4.74 Å². The molecule has 2 nitrogen and oxygen atoms in total. The van der Waals surface area contributed by atoms with E-state index in [0.29, 0.717) is 18.2 Å². The second-order valence-corrected chi connectivity index (χ2v) is 5.89. The van der Waals surface area contributed by atoms with Crippen LogP contribution < -0.4 is 10.5 Å². The normalized spacial score (nSPS) is 18.6. The number of hydrogen-bond donors (Lipinski definition) is 1. The first-order valence-electron chi connectivity index (χ1n) is 6.74.